The van der Waals surface area contributed by atoms with Crippen LogP contribution in [0, 0.1) is 6.92 Å². The first-order valence-electron chi connectivity index (χ1n) is 9.48. The van der Waals surface area contributed by atoms with Crippen LogP contribution >= 0.6 is 11.6 Å². The SMILES string of the molecule is Cc1cccc(NS(=O)(=O)c2ccc(Cl)c(C(=O)Nc3ccc(-n4cccn4)nc3)c2)c1. The third kappa shape index (κ3) is 4.79. The first kappa shape index (κ1) is 21.5. The van der Waals surface area contributed by atoms with Crippen molar-refractivity contribution in [3.63, 3.8) is 0 Å². The highest BCUT2D eigenvalue weighted by molar-refractivity contribution is 7.92. The molecule has 0 saturated carbocycles. The van der Waals surface area contributed by atoms with Crippen LogP contribution in [0.15, 0.2) is 84.1 Å². The molecule has 0 aliphatic rings. The predicted molar refractivity (Wildman–Crippen MR) is 123 cm³/mol. The summed E-state index contributed by atoms with van der Waals surface area (Å²) >= 11 is 6.18. The van der Waals surface area contributed by atoms with E-state index in [4.69, 9.17) is 11.6 Å². The fourth-order valence-electron chi connectivity index (χ4n) is 2.97. The number of halogens is 1. The highest BCUT2D eigenvalue weighted by atomic mass is 35.5. The Morgan fingerprint density at radius 1 is 1.03 bits per heavy atom. The Morgan fingerprint density at radius 2 is 1.88 bits per heavy atom. The van der Waals surface area contributed by atoms with Gasteiger partial charge in [-0.05, 0) is 61.0 Å². The van der Waals surface area contributed by atoms with Crippen molar-refractivity contribution < 1.29 is 13.2 Å². The summed E-state index contributed by atoms with van der Waals surface area (Å²) in [5.74, 6) is 0.0255. The number of carbonyl (C=O) groups is 1. The smallest absolute Gasteiger partial charge is 0.261 e. The lowest BCUT2D eigenvalue weighted by Crippen LogP contribution is -2.16. The molecule has 32 heavy (non-hydrogen) atoms. The third-order valence-corrected chi connectivity index (χ3v) is 6.22. The van der Waals surface area contributed by atoms with Crippen LogP contribution in [0.25, 0.3) is 5.82 Å². The molecule has 0 aliphatic carbocycles. The lowest BCUT2D eigenvalue weighted by atomic mass is 10.2. The Labute approximate surface area is 189 Å². The lowest BCUT2D eigenvalue weighted by molar-refractivity contribution is 0.102. The molecular formula is C22H18ClN5O3S. The minimum absolute atomic E-state index is 0.0231. The van der Waals surface area contributed by atoms with Gasteiger partial charge >= 0.3 is 0 Å². The number of amides is 1. The molecule has 4 rings (SSSR count). The van der Waals surface area contributed by atoms with Crippen molar-refractivity contribution in [1.29, 1.82) is 0 Å². The van der Waals surface area contributed by atoms with E-state index in [0.29, 0.717) is 17.2 Å². The molecule has 0 aliphatic heterocycles. The number of benzene rings is 2. The summed E-state index contributed by atoms with van der Waals surface area (Å²) in [6.07, 6.45) is 4.86. The standard InChI is InChI=1S/C22H18ClN5O3S/c1-15-4-2-5-16(12-15)27-32(30,31)18-7-8-20(23)19(13-18)22(29)26-17-6-9-21(24-14-17)28-11-3-10-25-28/h2-14,27H,1H3,(H,26,29). The molecule has 1 amide bonds. The number of aromatic nitrogens is 3. The van der Waals surface area contributed by atoms with Crippen LogP contribution in [0.1, 0.15) is 15.9 Å². The zero-order valence-electron chi connectivity index (χ0n) is 16.9. The van der Waals surface area contributed by atoms with E-state index in [1.54, 1.807) is 53.5 Å². The van der Waals surface area contributed by atoms with Crippen LogP contribution in [0.5, 0.6) is 0 Å². The largest absolute Gasteiger partial charge is 0.321 e. The van der Waals surface area contributed by atoms with Gasteiger partial charge in [0.1, 0.15) is 0 Å². The first-order chi connectivity index (χ1) is 15.3. The number of pyridine rings is 1. The van der Waals surface area contributed by atoms with Crippen LogP contribution in [-0.4, -0.2) is 29.1 Å². The second kappa shape index (κ2) is 8.81. The van der Waals surface area contributed by atoms with E-state index in [1.807, 2.05) is 13.0 Å². The summed E-state index contributed by atoms with van der Waals surface area (Å²) < 4.78 is 29.7. The van der Waals surface area contributed by atoms with Crippen molar-refractivity contribution in [3.8, 4) is 5.82 Å². The molecule has 0 bridgehead atoms. The highest BCUT2D eigenvalue weighted by Gasteiger charge is 2.19. The molecule has 2 heterocycles. The highest BCUT2D eigenvalue weighted by Crippen LogP contribution is 2.24. The second-order valence-corrected chi connectivity index (χ2v) is 9.02. The van der Waals surface area contributed by atoms with E-state index in [2.05, 4.69) is 20.1 Å². The van der Waals surface area contributed by atoms with E-state index in [-0.39, 0.29) is 15.5 Å². The Morgan fingerprint density at radius 3 is 2.56 bits per heavy atom. The molecule has 8 nitrogen and oxygen atoms in total. The van der Waals surface area contributed by atoms with Crippen molar-refractivity contribution >= 4 is 38.9 Å². The molecule has 2 aromatic carbocycles. The van der Waals surface area contributed by atoms with Crippen molar-refractivity contribution in [2.45, 2.75) is 11.8 Å². The molecule has 0 atom stereocenters. The topological polar surface area (TPSA) is 106 Å². The molecule has 4 aromatic rings. The van der Waals surface area contributed by atoms with Gasteiger partial charge in [-0.25, -0.2) is 18.1 Å². The normalized spacial score (nSPS) is 11.2. The van der Waals surface area contributed by atoms with Crippen LogP contribution in [0.2, 0.25) is 5.02 Å². The van der Waals surface area contributed by atoms with Crippen molar-refractivity contribution in [1.82, 2.24) is 14.8 Å². The van der Waals surface area contributed by atoms with Crippen LogP contribution in [0.4, 0.5) is 11.4 Å². The van der Waals surface area contributed by atoms with Gasteiger partial charge in [0.2, 0.25) is 0 Å². The summed E-state index contributed by atoms with van der Waals surface area (Å²) in [6.45, 7) is 1.86. The molecular weight excluding hydrogens is 450 g/mol. The van der Waals surface area contributed by atoms with E-state index >= 15 is 0 Å². The zero-order chi connectivity index (χ0) is 22.7. The van der Waals surface area contributed by atoms with Gasteiger partial charge in [-0.3, -0.25) is 9.52 Å². The molecule has 0 saturated heterocycles. The number of hydrogen-bond donors (Lipinski definition) is 2. The number of anilines is 2. The third-order valence-electron chi connectivity index (χ3n) is 4.51. The van der Waals surface area contributed by atoms with E-state index in [9.17, 15) is 13.2 Å². The Hall–Kier alpha value is -3.69. The maximum atomic E-state index is 12.8. The summed E-state index contributed by atoms with van der Waals surface area (Å²) in [5.41, 5.74) is 1.78. The molecule has 0 fully saturated rings. The number of rotatable bonds is 6. The molecule has 162 valence electrons. The van der Waals surface area contributed by atoms with Crippen molar-refractivity contribution in [2.75, 3.05) is 10.0 Å². The molecule has 2 aromatic heterocycles. The quantitative estimate of drug-likeness (QED) is 0.440. The van der Waals surface area contributed by atoms with Crippen LogP contribution in [-0.2, 0) is 10.0 Å². The maximum absolute atomic E-state index is 12.8. The molecule has 10 heteroatoms. The van der Waals surface area contributed by atoms with Gasteiger partial charge in [-0.2, -0.15) is 5.10 Å². The molecule has 0 radical (unpaired) electrons. The second-order valence-electron chi connectivity index (χ2n) is 6.93. The number of aryl methyl sites for hydroxylation is 1. The summed E-state index contributed by atoms with van der Waals surface area (Å²) in [5, 5.41) is 6.89. The summed E-state index contributed by atoms with van der Waals surface area (Å²) in [7, 11) is -3.92. The molecule has 2 N–H and O–H groups in total. The number of nitrogens with zero attached hydrogens (tertiary/aromatic N) is 3. The first-order valence-corrected chi connectivity index (χ1v) is 11.3. The number of nitrogens with one attached hydrogen (secondary N) is 2. The maximum Gasteiger partial charge on any atom is 0.261 e. The fraction of sp³-hybridized carbons (Fsp3) is 0.0455. The Balaban J connectivity index is 1.54. The average Bonchev–Trinajstić information content (AvgIpc) is 3.29. The Kier molecular flexibility index (Phi) is 5.93. The zero-order valence-corrected chi connectivity index (χ0v) is 18.4. The fourth-order valence-corrected chi connectivity index (χ4v) is 4.25. The van der Waals surface area contributed by atoms with Crippen LogP contribution in [0.3, 0.4) is 0 Å². The van der Waals surface area contributed by atoms with Crippen LogP contribution < -0.4 is 10.0 Å². The number of hydrogen-bond acceptors (Lipinski definition) is 5. The Bertz CT molecular complexity index is 1370. The van der Waals surface area contributed by atoms with Gasteiger partial charge in [0.15, 0.2) is 5.82 Å². The lowest BCUT2D eigenvalue weighted by Gasteiger charge is -2.11. The van der Waals surface area contributed by atoms with E-state index in [1.165, 1.54) is 24.4 Å². The van der Waals surface area contributed by atoms with E-state index < -0.39 is 15.9 Å². The molecule has 0 unspecified atom stereocenters. The number of carbonyl (C=O) groups excluding carboxylic acids is 1. The average molecular weight is 468 g/mol. The predicted octanol–water partition coefficient (Wildman–Crippen LogP) is 4.28. The van der Waals surface area contributed by atoms with Crippen molar-refractivity contribution in [3.05, 3.63) is 95.4 Å². The minimum atomic E-state index is -3.92. The van der Waals surface area contributed by atoms with Gasteiger partial charge in [0.05, 0.1) is 27.4 Å². The van der Waals surface area contributed by atoms with Gasteiger partial charge in [0, 0.05) is 18.1 Å². The summed E-state index contributed by atoms with van der Waals surface area (Å²) in [6, 6.07) is 16.0. The van der Waals surface area contributed by atoms with Crippen molar-refractivity contribution in [2.24, 2.45) is 0 Å². The summed E-state index contributed by atoms with van der Waals surface area (Å²) in [4.78, 5) is 16.9. The molecule has 0 spiro atoms. The monoisotopic (exact) mass is 467 g/mol. The number of sulfonamides is 1. The minimum Gasteiger partial charge on any atom is -0.321 e. The van der Waals surface area contributed by atoms with Gasteiger partial charge in [-0.15, -0.1) is 0 Å². The van der Waals surface area contributed by atoms with E-state index in [0.717, 1.165) is 5.56 Å². The van der Waals surface area contributed by atoms with Gasteiger partial charge in [0.25, 0.3) is 15.9 Å². The van der Waals surface area contributed by atoms with Gasteiger partial charge < -0.3 is 5.32 Å². The van der Waals surface area contributed by atoms with Gasteiger partial charge in [-0.1, -0.05) is 23.7 Å².